The summed E-state index contributed by atoms with van der Waals surface area (Å²) < 4.78 is 0. The van der Waals surface area contributed by atoms with Crippen LogP contribution < -0.4 is 10.6 Å². The highest BCUT2D eigenvalue weighted by molar-refractivity contribution is 5.47. The molecule has 0 radical (unpaired) electrons. The summed E-state index contributed by atoms with van der Waals surface area (Å²) in [7, 11) is 0. The van der Waals surface area contributed by atoms with Crippen molar-refractivity contribution in [3.8, 4) is 0 Å². The Hall–Kier alpha value is -2.10. The third kappa shape index (κ3) is 3.06. The second kappa shape index (κ2) is 6.34. The molecule has 4 nitrogen and oxygen atoms in total. The fourth-order valence-corrected chi connectivity index (χ4v) is 3.39. The summed E-state index contributed by atoms with van der Waals surface area (Å²) in [6, 6.07) is 11.1. The molecule has 3 rings (SSSR count). The fourth-order valence-electron chi connectivity index (χ4n) is 3.39. The van der Waals surface area contributed by atoms with Crippen molar-refractivity contribution in [2.75, 3.05) is 17.2 Å². The van der Waals surface area contributed by atoms with Crippen molar-refractivity contribution in [1.82, 2.24) is 9.97 Å². The van der Waals surface area contributed by atoms with Crippen molar-refractivity contribution in [1.29, 1.82) is 0 Å². The minimum Gasteiger partial charge on any atom is -0.368 e. The Morgan fingerprint density at radius 2 is 1.91 bits per heavy atom. The Balaban J connectivity index is 2.03. The maximum absolute atomic E-state index is 5.87. The molecule has 116 valence electrons. The van der Waals surface area contributed by atoms with Crippen LogP contribution in [-0.4, -0.2) is 16.5 Å². The van der Waals surface area contributed by atoms with E-state index in [4.69, 9.17) is 5.73 Å². The number of nitrogens with zero attached hydrogens (tertiary/aromatic N) is 3. The summed E-state index contributed by atoms with van der Waals surface area (Å²) in [5.74, 6) is 1.32. The standard InChI is InChI=1S/C18H24N4/c1-13-8-5-6-9-15(13)16-10-4-3-7-11-22(16)17-12-14(2)20-18(19)21-17/h5-6,8-9,12,16H,3-4,7,10-11H2,1-2H3,(H2,19,20,21)/t16-/m0/s1. The van der Waals surface area contributed by atoms with Crippen LogP contribution in [0.2, 0.25) is 0 Å². The normalized spacial score (nSPS) is 19.0. The molecule has 0 unspecified atom stereocenters. The minimum atomic E-state index is 0.364. The number of nitrogens with two attached hydrogens (primary N) is 1. The maximum Gasteiger partial charge on any atom is 0.222 e. The molecule has 1 fully saturated rings. The summed E-state index contributed by atoms with van der Waals surface area (Å²) in [5, 5.41) is 0. The molecule has 4 heteroatoms. The molecule has 1 aliphatic heterocycles. The molecular weight excluding hydrogens is 272 g/mol. The molecule has 0 aliphatic carbocycles. The summed E-state index contributed by atoms with van der Waals surface area (Å²) in [5.41, 5.74) is 9.54. The zero-order chi connectivity index (χ0) is 15.5. The molecule has 0 bridgehead atoms. The predicted octanol–water partition coefficient (Wildman–Crippen LogP) is 3.80. The van der Waals surface area contributed by atoms with E-state index in [9.17, 15) is 0 Å². The van der Waals surface area contributed by atoms with Crippen molar-refractivity contribution in [3.05, 3.63) is 47.2 Å². The van der Waals surface area contributed by atoms with Crippen LogP contribution in [0.15, 0.2) is 30.3 Å². The molecule has 2 aromatic rings. The van der Waals surface area contributed by atoms with Crippen molar-refractivity contribution in [2.45, 2.75) is 45.6 Å². The van der Waals surface area contributed by atoms with E-state index in [1.54, 1.807) is 0 Å². The van der Waals surface area contributed by atoms with E-state index in [-0.39, 0.29) is 0 Å². The SMILES string of the molecule is Cc1cc(N2CCCCC[C@H]2c2ccccc2C)nc(N)n1. The van der Waals surface area contributed by atoms with Crippen LogP contribution >= 0.6 is 0 Å². The lowest BCUT2D eigenvalue weighted by molar-refractivity contribution is 0.593. The smallest absolute Gasteiger partial charge is 0.222 e. The van der Waals surface area contributed by atoms with E-state index in [0.717, 1.165) is 24.5 Å². The molecule has 1 aromatic carbocycles. The Bertz CT molecular complexity index is 633. The van der Waals surface area contributed by atoms with Crippen LogP contribution in [-0.2, 0) is 0 Å². The lowest BCUT2D eigenvalue weighted by Gasteiger charge is -2.32. The highest BCUT2D eigenvalue weighted by atomic mass is 15.2. The maximum atomic E-state index is 5.87. The summed E-state index contributed by atoms with van der Waals surface area (Å²) in [6.07, 6.45) is 4.90. The third-order valence-corrected chi connectivity index (χ3v) is 4.45. The molecule has 0 spiro atoms. The van der Waals surface area contributed by atoms with Crippen LogP contribution in [0.25, 0.3) is 0 Å². The number of aromatic nitrogens is 2. The van der Waals surface area contributed by atoms with Gasteiger partial charge in [0.1, 0.15) is 5.82 Å². The number of hydrogen-bond donors (Lipinski definition) is 1. The van der Waals surface area contributed by atoms with E-state index in [1.807, 2.05) is 13.0 Å². The number of rotatable bonds is 2. The quantitative estimate of drug-likeness (QED) is 0.916. The first-order chi connectivity index (χ1) is 10.6. The molecule has 1 aromatic heterocycles. The third-order valence-electron chi connectivity index (χ3n) is 4.45. The van der Waals surface area contributed by atoms with Gasteiger partial charge in [0.25, 0.3) is 0 Å². The Morgan fingerprint density at radius 3 is 2.68 bits per heavy atom. The zero-order valence-corrected chi connectivity index (χ0v) is 13.4. The van der Waals surface area contributed by atoms with Gasteiger partial charge in [-0.25, -0.2) is 4.98 Å². The van der Waals surface area contributed by atoms with Gasteiger partial charge < -0.3 is 10.6 Å². The first-order valence-electron chi connectivity index (χ1n) is 8.08. The number of benzene rings is 1. The fraction of sp³-hybridized carbons (Fsp3) is 0.444. The number of aryl methyl sites for hydroxylation is 2. The highest BCUT2D eigenvalue weighted by Gasteiger charge is 2.25. The van der Waals surface area contributed by atoms with Gasteiger partial charge in [-0.2, -0.15) is 4.98 Å². The molecule has 1 aliphatic rings. The van der Waals surface area contributed by atoms with Gasteiger partial charge in [0.2, 0.25) is 5.95 Å². The van der Waals surface area contributed by atoms with Gasteiger partial charge in [-0.1, -0.05) is 37.1 Å². The highest BCUT2D eigenvalue weighted by Crippen LogP contribution is 2.35. The molecule has 22 heavy (non-hydrogen) atoms. The molecule has 1 saturated heterocycles. The van der Waals surface area contributed by atoms with Crippen LogP contribution in [0, 0.1) is 13.8 Å². The van der Waals surface area contributed by atoms with E-state index in [0.29, 0.717) is 12.0 Å². The monoisotopic (exact) mass is 296 g/mol. The molecule has 2 heterocycles. The second-order valence-electron chi connectivity index (χ2n) is 6.14. The van der Waals surface area contributed by atoms with Crippen molar-refractivity contribution < 1.29 is 0 Å². The van der Waals surface area contributed by atoms with E-state index >= 15 is 0 Å². The largest absolute Gasteiger partial charge is 0.368 e. The summed E-state index contributed by atoms with van der Waals surface area (Å²) in [6.45, 7) is 5.19. The van der Waals surface area contributed by atoms with Gasteiger partial charge in [-0.3, -0.25) is 0 Å². The average molecular weight is 296 g/mol. The van der Waals surface area contributed by atoms with Crippen molar-refractivity contribution in [3.63, 3.8) is 0 Å². The van der Waals surface area contributed by atoms with E-state index < -0.39 is 0 Å². The number of nitrogen functional groups attached to an aromatic ring is 1. The summed E-state index contributed by atoms with van der Waals surface area (Å²) >= 11 is 0. The van der Waals surface area contributed by atoms with Gasteiger partial charge in [-0.15, -0.1) is 0 Å². The van der Waals surface area contributed by atoms with Crippen LogP contribution in [0.1, 0.15) is 48.5 Å². The average Bonchev–Trinajstić information content (AvgIpc) is 2.72. The van der Waals surface area contributed by atoms with Crippen LogP contribution in [0.4, 0.5) is 11.8 Å². The first-order valence-corrected chi connectivity index (χ1v) is 8.08. The Kier molecular flexibility index (Phi) is 4.27. The van der Waals surface area contributed by atoms with Crippen molar-refractivity contribution >= 4 is 11.8 Å². The molecular formula is C18H24N4. The Labute approximate surface area is 132 Å². The molecule has 1 atom stereocenters. The lowest BCUT2D eigenvalue weighted by atomic mass is 9.96. The molecule has 0 saturated carbocycles. The predicted molar refractivity (Wildman–Crippen MR) is 90.9 cm³/mol. The lowest BCUT2D eigenvalue weighted by Crippen LogP contribution is -2.30. The second-order valence-corrected chi connectivity index (χ2v) is 6.14. The van der Waals surface area contributed by atoms with E-state index in [2.05, 4.69) is 46.1 Å². The molecule has 2 N–H and O–H groups in total. The number of hydrogen-bond acceptors (Lipinski definition) is 4. The van der Waals surface area contributed by atoms with Crippen molar-refractivity contribution in [2.24, 2.45) is 0 Å². The molecule has 0 amide bonds. The van der Waals surface area contributed by atoms with Gasteiger partial charge in [0.05, 0.1) is 6.04 Å². The first kappa shape index (κ1) is 14.8. The minimum absolute atomic E-state index is 0.364. The van der Waals surface area contributed by atoms with Gasteiger partial charge in [0.15, 0.2) is 0 Å². The van der Waals surface area contributed by atoms with Crippen LogP contribution in [0.5, 0.6) is 0 Å². The van der Waals surface area contributed by atoms with Gasteiger partial charge >= 0.3 is 0 Å². The topological polar surface area (TPSA) is 55.0 Å². The number of anilines is 2. The zero-order valence-electron chi connectivity index (χ0n) is 13.4. The Morgan fingerprint density at radius 1 is 1.09 bits per heavy atom. The summed E-state index contributed by atoms with van der Waals surface area (Å²) in [4.78, 5) is 11.1. The van der Waals surface area contributed by atoms with Gasteiger partial charge in [0, 0.05) is 18.3 Å². The van der Waals surface area contributed by atoms with E-state index in [1.165, 1.54) is 30.4 Å². The van der Waals surface area contributed by atoms with Crippen LogP contribution in [0.3, 0.4) is 0 Å². The van der Waals surface area contributed by atoms with Gasteiger partial charge in [-0.05, 0) is 37.8 Å².